The number of amides is 1. The van der Waals surface area contributed by atoms with E-state index in [9.17, 15) is 9.59 Å². The highest BCUT2D eigenvalue weighted by molar-refractivity contribution is 7.19. The van der Waals surface area contributed by atoms with Crippen molar-refractivity contribution in [3.8, 4) is 27.3 Å². The summed E-state index contributed by atoms with van der Waals surface area (Å²) in [5.41, 5.74) is 8.69. The Kier molecular flexibility index (Phi) is 4.72. The van der Waals surface area contributed by atoms with Gasteiger partial charge >= 0.3 is 5.97 Å². The molecule has 2 N–H and O–H groups in total. The molecule has 136 valence electrons. The van der Waals surface area contributed by atoms with Crippen molar-refractivity contribution in [1.82, 2.24) is 0 Å². The summed E-state index contributed by atoms with van der Waals surface area (Å²) in [4.78, 5) is 24.3. The highest BCUT2D eigenvalue weighted by Gasteiger charge is 2.31. The molecule has 0 atom stereocenters. The molecule has 4 rings (SSSR count). The normalized spacial score (nSPS) is 13.4. The molecule has 0 bridgehead atoms. The molecule has 1 saturated carbocycles. The van der Waals surface area contributed by atoms with Crippen LogP contribution in [0.2, 0.25) is 4.34 Å². The van der Waals surface area contributed by atoms with E-state index in [0.717, 1.165) is 34.4 Å². The smallest absolute Gasteiger partial charge is 0.314 e. The van der Waals surface area contributed by atoms with Crippen molar-refractivity contribution in [3.05, 3.63) is 64.5 Å². The number of rotatable bonds is 5. The van der Waals surface area contributed by atoms with Gasteiger partial charge in [-0.15, -0.1) is 11.3 Å². The summed E-state index contributed by atoms with van der Waals surface area (Å²) < 4.78 is 5.89. The summed E-state index contributed by atoms with van der Waals surface area (Å²) in [5, 5.41) is 0. The van der Waals surface area contributed by atoms with E-state index < -0.39 is 5.91 Å². The van der Waals surface area contributed by atoms with Gasteiger partial charge in [0.05, 0.1) is 15.8 Å². The second kappa shape index (κ2) is 7.18. The van der Waals surface area contributed by atoms with E-state index >= 15 is 0 Å². The lowest BCUT2D eigenvalue weighted by Crippen LogP contribution is -2.10. The number of thiophene rings is 1. The molecule has 0 saturated heterocycles. The lowest BCUT2D eigenvalue weighted by Gasteiger charge is -2.10. The third kappa shape index (κ3) is 3.75. The quantitative estimate of drug-likeness (QED) is 0.478. The second-order valence-corrected chi connectivity index (χ2v) is 8.11. The first-order chi connectivity index (χ1) is 13.0. The molecule has 2 aromatic carbocycles. The van der Waals surface area contributed by atoms with Gasteiger partial charge in [-0.3, -0.25) is 9.59 Å². The van der Waals surface area contributed by atoms with Crippen LogP contribution < -0.4 is 10.5 Å². The van der Waals surface area contributed by atoms with Crippen LogP contribution in [-0.4, -0.2) is 11.9 Å². The molecular formula is C21H16ClNO3S. The number of nitrogens with two attached hydrogens (primary N) is 1. The van der Waals surface area contributed by atoms with Crippen LogP contribution in [0.15, 0.2) is 54.6 Å². The van der Waals surface area contributed by atoms with E-state index in [4.69, 9.17) is 22.1 Å². The van der Waals surface area contributed by atoms with Crippen molar-refractivity contribution < 1.29 is 14.3 Å². The number of halogens is 1. The zero-order valence-electron chi connectivity index (χ0n) is 14.3. The summed E-state index contributed by atoms with van der Waals surface area (Å²) in [7, 11) is 0. The average Bonchev–Trinajstić information content (AvgIpc) is 3.44. The Morgan fingerprint density at radius 1 is 1.04 bits per heavy atom. The fourth-order valence-electron chi connectivity index (χ4n) is 2.90. The molecule has 0 unspecified atom stereocenters. The summed E-state index contributed by atoms with van der Waals surface area (Å²) in [6.07, 6.45) is 1.83. The molecule has 1 aliphatic carbocycles. The lowest BCUT2D eigenvalue weighted by atomic mass is 9.97. The Morgan fingerprint density at radius 3 is 2.33 bits per heavy atom. The first-order valence-electron chi connectivity index (χ1n) is 8.53. The number of carbonyl (C=O) groups is 2. The number of hydrogen-bond donors (Lipinski definition) is 1. The van der Waals surface area contributed by atoms with Crippen LogP contribution in [0.1, 0.15) is 23.2 Å². The number of esters is 1. The average molecular weight is 398 g/mol. The maximum absolute atomic E-state index is 11.8. The van der Waals surface area contributed by atoms with Crippen LogP contribution in [-0.2, 0) is 4.79 Å². The maximum atomic E-state index is 11.8. The first kappa shape index (κ1) is 17.8. The largest absolute Gasteiger partial charge is 0.426 e. The van der Waals surface area contributed by atoms with Gasteiger partial charge in [-0.1, -0.05) is 48.0 Å². The molecule has 1 heterocycles. The topological polar surface area (TPSA) is 69.4 Å². The van der Waals surface area contributed by atoms with E-state index in [1.54, 1.807) is 18.2 Å². The zero-order chi connectivity index (χ0) is 19.0. The predicted octanol–water partition coefficient (Wildman–Crippen LogP) is 5.15. The van der Waals surface area contributed by atoms with Crippen molar-refractivity contribution >= 4 is 34.8 Å². The third-order valence-electron chi connectivity index (χ3n) is 4.43. The predicted molar refractivity (Wildman–Crippen MR) is 107 cm³/mol. The van der Waals surface area contributed by atoms with Crippen molar-refractivity contribution in [3.63, 3.8) is 0 Å². The molecule has 27 heavy (non-hydrogen) atoms. The Labute approximate surface area is 165 Å². The molecule has 0 spiro atoms. The van der Waals surface area contributed by atoms with Gasteiger partial charge in [0.25, 0.3) is 0 Å². The summed E-state index contributed by atoms with van der Waals surface area (Å²) in [6, 6.07) is 16.7. The van der Waals surface area contributed by atoms with Crippen LogP contribution in [0.3, 0.4) is 0 Å². The molecule has 4 nitrogen and oxygen atoms in total. The Hall–Kier alpha value is -2.63. The van der Waals surface area contributed by atoms with Gasteiger partial charge in [-0.25, -0.2) is 0 Å². The number of carbonyl (C=O) groups excluding carboxylic acids is 2. The molecule has 1 amide bonds. The fraction of sp³-hybridized carbons (Fsp3) is 0.143. The highest BCUT2D eigenvalue weighted by atomic mass is 35.5. The molecule has 0 aliphatic heterocycles. The zero-order valence-corrected chi connectivity index (χ0v) is 15.8. The van der Waals surface area contributed by atoms with Gasteiger partial charge in [-0.05, 0) is 42.2 Å². The minimum atomic E-state index is -0.509. The van der Waals surface area contributed by atoms with Crippen LogP contribution >= 0.6 is 22.9 Å². The van der Waals surface area contributed by atoms with Gasteiger partial charge in [0.2, 0.25) is 5.91 Å². The lowest BCUT2D eigenvalue weighted by molar-refractivity contribution is -0.135. The van der Waals surface area contributed by atoms with Gasteiger partial charge in [0, 0.05) is 10.4 Å². The van der Waals surface area contributed by atoms with Crippen molar-refractivity contribution in [1.29, 1.82) is 0 Å². The van der Waals surface area contributed by atoms with Crippen molar-refractivity contribution in [2.75, 3.05) is 0 Å². The van der Waals surface area contributed by atoms with Gasteiger partial charge in [-0.2, -0.15) is 0 Å². The molecular weight excluding hydrogens is 382 g/mol. The molecule has 1 aliphatic rings. The summed E-state index contributed by atoms with van der Waals surface area (Å²) >= 11 is 7.44. The summed E-state index contributed by atoms with van der Waals surface area (Å²) in [6.45, 7) is 0. The number of ether oxygens (including phenoxy) is 1. The van der Waals surface area contributed by atoms with Gasteiger partial charge in [0.15, 0.2) is 0 Å². The molecule has 1 fully saturated rings. The van der Waals surface area contributed by atoms with E-state index in [-0.39, 0.29) is 11.9 Å². The first-order valence-corrected chi connectivity index (χ1v) is 9.73. The van der Waals surface area contributed by atoms with E-state index in [1.807, 2.05) is 36.4 Å². The van der Waals surface area contributed by atoms with E-state index in [0.29, 0.717) is 15.6 Å². The second-order valence-electron chi connectivity index (χ2n) is 6.42. The molecule has 0 radical (unpaired) electrons. The van der Waals surface area contributed by atoms with Crippen LogP contribution in [0, 0.1) is 5.92 Å². The number of hydrogen-bond acceptors (Lipinski definition) is 4. The maximum Gasteiger partial charge on any atom is 0.314 e. The Balaban J connectivity index is 1.69. The van der Waals surface area contributed by atoms with Crippen molar-refractivity contribution in [2.45, 2.75) is 12.8 Å². The number of benzene rings is 2. The molecule has 6 heteroatoms. The highest BCUT2D eigenvalue weighted by Crippen LogP contribution is 2.40. The van der Waals surface area contributed by atoms with Gasteiger partial charge < -0.3 is 10.5 Å². The standard InChI is InChI=1S/C21H16ClNO3S/c22-18-11-17(20(23)24)19(27-18)16-4-2-1-3-15(16)12-7-9-14(10-8-12)26-21(25)13-5-6-13/h1-4,7-11,13H,5-6H2,(H2,23,24). The minimum Gasteiger partial charge on any atom is -0.426 e. The fourth-order valence-corrected chi connectivity index (χ4v) is 4.17. The van der Waals surface area contributed by atoms with E-state index in [2.05, 4.69) is 0 Å². The Morgan fingerprint density at radius 2 is 1.70 bits per heavy atom. The minimum absolute atomic E-state index is 0.0567. The van der Waals surface area contributed by atoms with Crippen LogP contribution in [0.25, 0.3) is 21.6 Å². The van der Waals surface area contributed by atoms with E-state index in [1.165, 1.54) is 11.3 Å². The molecule has 3 aromatic rings. The SMILES string of the molecule is NC(=O)c1cc(Cl)sc1-c1ccccc1-c1ccc(OC(=O)C2CC2)cc1. The van der Waals surface area contributed by atoms with Crippen molar-refractivity contribution in [2.24, 2.45) is 11.7 Å². The van der Waals surface area contributed by atoms with Crippen LogP contribution in [0.5, 0.6) is 5.75 Å². The van der Waals surface area contributed by atoms with Crippen LogP contribution in [0.4, 0.5) is 0 Å². The monoisotopic (exact) mass is 397 g/mol. The van der Waals surface area contributed by atoms with Gasteiger partial charge in [0.1, 0.15) is 5.75 Å². The third-order valence-corrected chi connectivity index (χ3v) is 5.73. The molecule has 1 aromatic heterocycles. The summed E-state index contributed by atoms with van der Waals surface area (Å²) in [5.74, 6) is -0.0842. The Bertz CT molecular complexity index is 1020. The number of primary amides is 1.